The number of methoxy groups -OCH3 is 1. The van der Waals surface area contributed by atoms with E-state index in [0.29, 0.717) is 16.7 Å². The van der Waals surface area contributed by atoms with Crippen LogP contribution in [0.15, 0.2) is 23.0 Å². The van der Waals surface area contributed by atoms with Gasteiger partial charge in [-0.25, -0.2) is 4.79 Å². The normalized spacial score (nSPS) is 10.0. The second-order valence-corrected chi connectivity index (χ2v) is 3.54. The van der Waals surface area contributed by atoms with Crippen molar-refractivity contribution < 1.29 is 14.6 Å². The van der Waals surface area contributed by atoms with Gasteiger partial charge in [0.1, 0.15) is 17.0 Å². The Morgan fingerprint density at radius 2 is 2.22 bits per heavy atom. The summed E-state index contributed by atoms with van der Waals surface area (Å²) in [5.41, 5.74) is -0.674. The molecule has 0 aliphatic carbocycles. The lowest BCUT2D eigenvalue weighted by Gasteiger charge is -2.07. The van der Waals surface area contributed by atoms with E-state index in [9.17, 15) is 9.59 Å². The molecule has 90 valence electrons. The summed E-state index contributed by atoms with van der Waals surface area (Å²) in [6.07, 6.45) is 5.19. The second kappa shape index (κ2) is 4.26. The first-order valence-corrected chi connectivity index (χ1v) is 5.03. The standard InChI is InChI=1S/C13H9NO4/c1-3-7-11(13(16)17)14-10-8(12(7)15)5-4-6-9(10)18-2/h1,4-6H,2H3,(H,14,15)(H,16,17). The van der Waals surface area contributed by atoms with E-state index in [1.807, 2.05) is 0 Å². The fraction of sp³-hybridized carbons (Fsp3) is 0.0769. The van der Waals surface area contributed by atoms with Gasteiger partial charge in [-0.05, 0) is 12.1 Å². The summed E-state index contributed by atoms with van der Waals surface area (Å²) in [5, 5.41) is 9.34. The van der Waals surface area contributed by atoms with E-state index in [4.69, 9.17) is 16.3 Å². The largest absolute Gasteiger partial charge is 0.495 e. The van der Waals surface area contributed by atoms with Crippen molar-refractivity contribution in [2.24, 2.45) is 0 Å². The molecule has 5 heteroatoms. The summed E-state index contributed by atoms with van der Waals surface area (Å²) in [4.78, 5) is 25.8. The number of pyridine rings is 1. The van der Waals surface area contributed by atoms with Gasteiger partial charge in [0, 0.05) is 0 Å². The molecular formula is C13H9NO4. The number of H-pyrrole nitrogens is 1. The van der Waals surface area contributed by atoms with Crippen LogP contribution >= 0.6 is 0 Å². The van der Waals surface area contributed by atoms with Crippen LogP contribution in [0.5, 0.6) is 5.75 Å². The number of benzene rings is 1. The van der Waals surface area contributed by atoms with Crippen LogP contribution in [-0.4, -0.2) is 23.2 Å². The minimum Gasteiger partial charge on any atom is -0.495 e. The third kappa shape index (κ3) is 1.60. The van der Waals surface area contributed by atoms with Crippen molar-refractivity contribution in [1.82, 2.24) is 4.98 Å². The molecule has 0 bridgehead atoms. The highest BCUT2D eigenvalue weighted by molar-refractivity contribution is 5.94. The Labute approximate surface area is 102 Å². The fourth-order valence-corrected chi connectivity index (χ4v) is 1.75. The Balaban J connectivity index is 3.02. The highest BCUT2D eigenvalue weighted by atomic mass is 16.5. The van der Waals surface area contributed by atoms with Gasteiger partial charge in [-0.15, -0.1) is 6.42 Å². The zero-order valence-electron chi connectivity index (χ0n) is 9.48. The summed E-state index contributed by atoms with van der Waals surface area (Å²) in [6.45, 7) is 0. The number of carbonyl (C=O) groups is 1. The molecule has 0 unspecified atom stereocenters. The number of aromatic nitrogens is 1. The highest BCUT2D eigenvalue weighted by Crippen LogP contribution is 2.22. The zero-order chi connectivity index (χ0) is 13.3. The summed E-state index contributed by atoms with van der Waals surface area (Å²) in [7, 11) is 1.43. The van der Waals surface area contributed by atoms with Crippen LogP contribution in [-0.2, 0) is 0 Å². The van der Waals surface area contributed by atoms with Crippen molar-refractivity contribution in [3.63, 3.8) is 0 Å². The number of nitrogens with one attached hydrogen (secondary N) is 1. The number of carboxylic acid groups (broad SMARTS) is 1. The van der Waals surface area contributed by atoms with E-state index in [-0.39, 0.29) is 11.3 Å². The summed E-state index contributed by atoms with van der Waals surface area (Å²) in [6, 6.07) is 4.82. The van der Waals surface area contributed by atoms with Crippen LogP contribution in [0.25, 0.3) is 10.9 Å². The van der Waals surface area contributed by atoms with Gasteiger partial charge in [-0.2, -0.15) is 0 Å². The molecule has 18 heavy (non-hydrogen) atoms. The number of hydrogen-bond acceptors (Lipinski definition) is 3. The van der Waals surface area contributed by atoms with Crippen LogP contribution in [0.3, 0.4) is 0 Å². The average molecular weight is 243 g/mol. The molecule has 0 atom stereocenters. The van der Waals surface area contributed by atoms with Crippen molar-refractivity contribution in [3.8, 4) is 18.1 Å². The molecule has 0 fully saturated rings. The van der Waals surface area contributed by atoms with Gasteiger partial charge >= 0.3 is 5.97 Å². The maximum atomic E-state index is 12.1. The number of terminal acetylenes is 1. The smallest absolute Gasteiger partial charge is 0.353 e. The van der Waals surface area contributed by atoms with Gasteiger partial charge in [0.05, 0.1) is 18.0 Å². The third-order valence-corrected chi connectivity index (χ3v) is 2.58. The molecule has 2 aromatic rings. The minimum absolute atomic E-state index is 0.191. The molecular weight excluding hydrogens is 234 g/mol. The monoisotopic (exact) mass is 243 g/mol. The third-order valence-electron chi connectivity index (χ3n) is 2.58. The SMILES string of the molecule is C#Cc1c(C(=O)O)[nH]c2c(OC)cccc2c1=O. The van der Waals surface area contributed by atoms with E-state index in [0.717, 1.165) is 0 Å². The molecule has 2 rings (SSSR count). The van der Waals surface area contributed by atoms with Gasteiger partial charge in [0.15, 0.2) is 0 Å². The van der Waals surface area contributed by atoms with Crippen LogP contribution in [0, 0.1) is 12.3 Å². The summed E-state index contributed by atoms with van der Waals surface area (Å²) in [5.74, 6) is 1.21. The molecule has 1 aromatic carbocycles. The minimum atomic E-state index is -1.28. The Morgan fingerprint density at radius 1 is 1.50 bits per heavy atom. The van der Waals surface area contributed by atoms with E-state index in [2.05, 4.69) is 10.9 Å². The quantitative estimate of drug-likeness (QED) is 0.777. The van der Waals surface area contributed by atoms with Crippen molar-refractivity contribution in [3.05, 3.63) is 39.7 Å². The van der Waals surface area contributed by atoms with Gasteiger partial charge in [0.25, 0.3) is 0 Å². The number of aromatic carboxylic acids is 1. The first-order chi connectivity index (χ1) is 8.60. The second-order valence-electron chi connectivity index (χ2n) is 3.54. The first-order valence-electron chi connectivity index (χ1n) is 5.03. The predicted molar refractivity (Wildman–Crippen MR) is 66.0 cm³/mol. The lowest BCUT2D eigenvalue weighted by Crippen LogP contribution is -2.16. The molecule has 0 aliphatic heterocycles. The molecule has 5 nitrogen and oxygen atoms in total. The molecule has 1 aromatic heterocycles. The van der Waals surface area contributed by atoms with Crippen molar-refractivity contribution in [1.29, 1.82) is 0 Å². The van der Waals surface area contributed by atoms with Crippen LogP contribution in [0.2, 0.25) is 0 Å². The fourth-order valence-electron chi connectivity index (χ4n) is 1.75. The Hall–Kier alpha value is -2.74. The van der Waals surface area contributed by atoms with E-state index in [1.165, 1.54) is 7.11 Å². The van der Waals surface area contributed by atoms with Gasteiger partial charge < -0.3 is 14.8 Å². The maximum Gasteiger partial charge on any atom is 0.353 e. The zero-order valence-corrected chi connectivity index (χ0v) is 9.48. The molecule has 2 N–H and O–H groups in total. The van der Waals surface area contributed by atoms with Crippen LogP contribution in [0.1, 0.15) is 16.1 Å². The van der Waals surface area contributed by atoms with Gasteiger partial charge in [0.2, 0.25) is 5.43 Å². The lowest BCUT2D eigenvalue weighted by atomic mass is 10.1. The Morgan fingerprint density at radius 3 is 2.78 bits per heavy atom. The number of para-hydroxylation sites is 1. The maximum absolute atomic E-state index is 12.1. The Bertz CT molecular complexity index is 737. The number of rotatable bonds is 2. The number of ether oxygens (including phenoxy) is 1. The number of hydrogen-bond donors (Lipinski definition) is 2. The van der Waals surface area contributed by atoms with E-state index in [1.54, 1.807) is 18.2 Å². The van der Waals surface area contributed by atoms with Crippen LogP contribution < -0.4 is 10.2 Å². The van der Waals surface area contributed by atoms with Crippen molar-refractivity contribution in [2.75, 3.05) is 7.11 Å². The van der Waals surface area contributed by atoms with Crippen LogP contribution in [0.4, 0.5) is 0 Å². The van der Waals surface area contributed by atoms with Gasteiger partial charge in [-0.1, -0.05) is 12.0 Å². The first kappa shape index (κ1) is 11.7. The molecule has 1 heterocycles. The van der Waals surface area contributed by atoms with Crippen molar-refractivity contribution >= 4 is 16.9 Å². The molecule has 0 spiro atoms. The molecule has 0 radical (unpaired) electrons. The topological polar surface area (TPSA) is 79.4 Å². The van der Waals surface area contributed by atoms with E-state index < -0.39 is 11.4 Å². The Kier molecular flexibility index (Phi) is 2.78. The summed E-state index contributed by atoms with van der Waals surface area (Å²) >= 11 is 0. The van der Waals surface area contributed by atoms with Gasteiger partial charge in [-0.3, -0.25) is 4.79 Å². The number of carboxylic acids is 1. The highest BCUT2D eigenvalue weighted by Gasteiger charge is 2.17. The molecule has 0 aliphatic rings. The predicted octanol–water partition coefficient (Wildman–Crippen LogP) is 1.22. The number of aromatic amines is 1. The molecule has 0 amide bonds. The molecule has 0 saturated carbocycles. The number of fused-ring (bicyclic) bond motifs is 1. The lowest BCUT2D eigenvalue weighted by molar-refractivity contribution is 0.0690. The van der Waals surface area contributed by atoms with E-state index >= 15 is 0 Å². The average Bonchev–Trinajstić information content (AvgIpc) is 2.37. The summed E-state index contributed by atoms with van der Waals surface area (Å²) < 4.78 is 5.08. The van der Waals surface area contributed by atoms with Crippen molar-refractivity contribution in [2.45, 2.75) is 0 Å². The molecule has 0 saturated heterocycles.